The molecular formula is C15H22N6O2S. The molecule has 0 bridgehead atoms. The summed E-state index contributed by atoms with van der Waals surface area (Å²) in [5, 5.41) is 0. The second-order valence-electron chi connectivity index (χ2n) is 6.30. The average molecular weight is 350 g/mol. The van der Waals surface area contributed by atoms with Gasteiger partial charge in [-0.3, -0.25) is 0 Å². The molecule has 1 saturated heterocycles. The fourth-order valence-corrected chi connectivity index (χ4v) is 3.98. The normalized spacial score (nSPS) is 19.3. The van der Waals surface area contributed by atoms with E-state index < -0.39 is 10.2 Å². The molecule has 24 heavy (non-hydrogen) atoms. The lowest BCUT2D eigenvalue weighted by atomic mass is 10.1. The van der Waals surface area contributed by atoms with Crippen LogP contribution in [0, 0.1) is 13.8 Å². The fraction of sp³-hybridized carbons (Fsp3) is 0.533. The molecule has 1 N–H and O–H groups in total. The summed E-state index contributed by atoms with van der Waals surface area (Å²) in [5.74, 6) is 1.37. The summed E-state index contributed by atoms with van der Waals surface area (Å²) in [4.78, 5) is 16.6. The van der Waals surface area contributed by atoms with Crippen molar-refractivity contribution in [2.75, 3.05) is 27.2 Å². The van der Waals surface area contributed by atoms with Crippen molar-refractivity contribution >= 4 is 10.2 Å². The molecule has 2 aromatic rings. The van der Waals surface area contributed by atoms with Gasteiger partial charge in [-0.15, -0.1) is 0 Å². The number of aromatic nitrogens is 4. The van der Waals surface area contributed by atoms with Crippen molar-refractivity contribution in [2.24, 2.45) is 0 Å². The molecule has 0 saturated carbocycles. The zero-order valence-corrected chi connectivity index (χ0v) is 15.1. The molecule has 1 atom stereocenters. The first-order valence-electron chi connectivity index (χ1n) is 7.82. The highest BCUT2D eigenvalue weighted by molar-refractivity contribution is 7.86. The number of imidazole rings is 1. The molecule has 1 aliphatic rings. The van der Waals surface area contributed by atoms with E-state index in [4.69, 9.17) is 0 Å². The van der Waals surface area contributed by atoms with E-state index in [-0.39, 0.29) is 5.92 Å². The summed E-state index contributed by atoms with van der Waals surface area (Å²) >= 11 is 0. The van der Waals surface area contributed by atoms with Crippen LogP contribution in [0.2, 0.25) is 0 Å². The molecular weight excluding hydrogens is 328 g/mol. The van der Waals surface area contributed by atoms with E-state index in [1.165, 1.54) is 8.61 Å². The largest absolute Gasteiger partial charge is 0.341 e. The summed E-state index contributed by atoms with van der Waals surface area (Å²) in [6, 6.07) is 1.88. The van der Waals surface area contributed by atoms with Gasteiger partial charge in [-0.1, -0.05) is 0 Å². The van der Waals surface area contributed by atoms with Gasteiger partial charge >= 0.3 is 0 Å². The van der Waals surface area contributed by atoms with Crippen molar-refractivity contribution in [1.29, 1.82) is 0 Å². The average Bonchev–Trinajstić information content (AvgIpc) is 3.15. The van der Waals surface area contributed by atoms with E-state index in [1.54, 1.807) is 20.3 Å². The maximum Gasteiger partial charge on any atom is 0.281 e. The molecule has 130 valence electrons. The van der Waals surface area contributed by atoms with Gasteiger partial charge in [-0.25, -0.2) is 15.0 Å². The molecule has 1 aliphatic heterocycles. The summed E-state index contributed by atoms with van der Waals surface area (Å²) in [7, 11) is -0.304. The number of H-pyrrole nitrogens is 1. The van der Waals surface area contributed by atoms with Crippen molar-refractivity contribution < 1.29 is 8.42 Å². The molecule has 9 heteroatoms. The quantitative estimate of drug-likeness (QED) is 0.890. The number of hydrogen-bond donors (Lipinski definition) is 1. The van der Waals surface area contributed by atoms with Crippen molar-refractivity contribution in [2.45, 2.75) is 26.2 Å². The van der Waals surface area contributed by atoms with Crippen LogP contribution in [0.25, 0.3) is 11.5 Å². The van der Waals surface area contributed by atoms with Crippen LogP contribution in [-0.4, -0.2) is 64.1 Å². The summed E-state index contributed by atoms with van der Waals surface area (Å²) in [5.41, 5.74) is 2.55. The van der Waals surface area contributed by atoms with Gasteiger partial charge in [0.15, 0.2) is 5.82 Å². The SMILES string of the molecule is Cc1cc(-c2ncc(C)[nH]2)nc([C@@H]2CCN(S(=O)(=O)N(C)C)C2)n1. The van der Waals surface area contributed by atoms with Crippen LogP contribution in [0.4, 0.5) is 0 Å². The van der Waals surface area contributed by atoms with Gasteiger partial charge in [0.1, 0.15) is 11.5 Å². The maximum absolute atomic E-state index is 12.3. The lowest BCUT2D eigenvalue weighted by molar-refractivity contribution is 0.418. The predicted molar refractivity (Wildman–Crippen MR) is 90.6 cm³/mol. The Hall–Kier alpha value is -1.84. The predicted octanol–water partition coefficient (Wildman–Crippen LogP) is 1.08. The van der Waals surface area contributed by atoms with Crippen LogP contribution in [0.1, 0.15) is 29.6 Å². The van der Waals surface area contributed by atoms with Crippen molar-refractivity contribution in [3.8, 4) is 11.5 Å². The lowest BCUT2D eigenvalue weighted by Gasteiger charge is -2.20. The highest BCUT2D eigenvalue weighted by Gasteiger charge is 2.34. The van der Waals surface area contributed by atoms with Gasteiger partial charge in [-0.2, -0.15) is 17.0 Å². The van der Waals surface area contributed by atoms with Crippen LogP contribution in [0.15, 0.2) is 12.3 Å². The number of aryl methyl sites for hydroxylation is 2. The zero-order chi connectivity index (χ0) is 17.5. The first-order chi connectivity index (χ1) is 11.3. The van der Waals surface area contributed by atoms with Crippen LogP contribution in [0.3, 0.4) is 0 Å². The molecule has 8 nitrogen and oxygen atoms in total. The van der Waals surface area contributed by atoms with Gasteiger partial charge in [0, 0.05) is 50.7 Å². The highest BCUT2D eigenvalue weighted by Crippen LogP contribution is 2.28. The van der Waals surface area contributed by atoms with E-state index >= 15 is 0 Å². The number of rotatable bonds is 4. The Labute approximate surface area is 142 Å². The third-order valence-electron chi connectivity index (χ3n) is 4.12. The van der Waals surface area contributed by atoms with E-state index in [0.717, 1.165) is 17.1 Å². The summed E-state index contributed by atoms with van der Waals surface area (Å²) in [6.45, 7) is 4.73. The molecule has 0 spiro atoms. The standard InChI is InChI=1S/C15H22N6O2S/c1-10-7-13(15-16-8-11(2)18-15)19-14(17-10)12-5-6-21(9-12)24(22,23)20(3)4/h7-8,12H,5-6,9H2,1-4H3,(H,16,18)/t12-/m1/s1. The Bertz CT molecular complexity index is 845. The van der Waals surface area contributed by atoms with E-state index in [1.807, 2.05) is 19.9 Å². The smallest absolute Gasteiger partial charge is 0.281 e. The van der Waals surface area contributed by atoms with Crippen LogP contribution < -0.4 is 0 Å². The topological polar surface area (TPSA) is 95.1 Å². The highest BCUT2D eigenvalue weighted by atomic mass is 32.2. The van der Waals surface area contributed by atoms with E-state index in [0.29, 0.717) is 31.2 Å². The minimum Gasteiger partial charge on any atom is -0.341 e. The lowest BCUT2D eigenvalue weighted by Crippen LogP contribution is -2.38. The number of aromatic amines is 1. The molecule has 1 fully saturated rings. The molecule has 3 heterocycles. The molecule has 0 unspecified atom stereocenters. The third kappa shape index (κ3) is 3.19. The van der Waals surface area contributed by atoms with Crippen LogP contribution in [0.5, 0.6) is 0 Å². The third-order valence-corrected chi connectivity index (χ3v) is 6.03. The first-order valence-corrected chi connectivity index (χ1v) is 9.22. The fourth-order valence-electron chi connectivity index (χ4n) is 2.82. The van der Waals surface area contributed by atoms with Crippen molar-refractivity contribution in [1.82, 2.24) is 28.5 Å². The summed E-state index contributed by atoms with van der Waals surface area (Å²) < 4.78 is 27.3. The van der Waals surface area contributed by atoms with Gasteiger partial charge < -0.3 is 4.98 Å². The Morgan fingerprint density at radius 1 is 1.29 bits per heavy atom. The zero-order valence-electron chi connectivity index (χ0n) is 14.3. The Morgan fingerprint density at radius 3 is 2.67 bits per heavy atom. The molecule has 3 rings (SSSR count). The van der Waals surface area contributed by atoms with Crippen LogP contribution in [-0.2, 0) is 10.2 Å². The number of nitrogens with zero attached hydrogens (tertiary/aromatic N) is 5. The minimum absolute atomic E-state index is 0.00515. The van der Waals surface area contributed by atoms with Crippen LogP contribution >= 0.6 is 0 Å². The molecule has 0 amide bonds. The monoisotopic (exact) mass is 350 g/mol. The second kappa shape index (κ2) is 6.23. The van der Waals surface area contributed by atoms with Gasteiger partial charge in [0.05, 0.1) is 0 Å². The maximum atomic E-state index is 12.3. The van der Waals surface area contributed by atoms with Gasteiger partial charge in [0.2, 0.25) is 0 Å². The van der Waals surface area contributed by atoms with Gasteiger partial charge in [-0.05, 0) is 26.3 Å². The second-order valence-corrected chi connectivity index (χ2v) is 8.44. The van der Waals surface area contributed by atoms with Gasteiger partial charge in [0.25, 0.3) is 10.2 Å². The summed E-state index contributed by atoms with van der Waals surface area (Å²) in [6.07, 6.45) is 2.47. The minimum atomic E-state index is -3.39. The number of hydrogen-bond acceptors (Lipinski definition) is 5. The first kappa shape index (κ1) is 17.0. The van der Waals surface area contributed by atoms with Crippen molar-refractivity contribution in [3.63, 3.8) is 0 Å². The van der Waals surface area contributed by atoms with Crippen molar-refractivity contribution in [3.05, 3.63) is 29.5 Å². The van der Waals surface area contributed by atoms with E-state index in [9.17, 15) is 8.42 Å². The van der Waals surface area contributed by atoms with E-state index in [2.05, 4.69) is 19.9 Å². The molecule has 2 aromatic heterocycles. The molecule has 0 aliphatic carbocycles. The Balaban J connectivity index is 1.87. The molecule has 0 aromatic carbocycles. The Morgan fingerprint density at radius 2 is 2.04 bits per heavy atom. The Kier molecular flexibility index (Phi) is 4.41. The molecule has 0 radical (unpaired) electrons. The number of nitrogens with one attached hydrogen (secondary N) is 1.